The first-order valence-electron chi connectivity index (χ1n) is 8.91. The second-order valence-corrected chi connectivity index (χ2v) is 6.25. The Bertz CT molecular complexity index is 927. The Morgan fingerprint density at radius 2 is 1.86 bits per heavy atom. The van der Waals surface area contributed by atoms with Gasteiger partial charge in [0.15, 0.2) is 6.61 Å². The molecular formula is C22H22N2O5. The summed E-state index contributed by atoms with van der Waals surface area (Å²) in [6, 6.07) is 15.5. The fraction of sp³-hybridized carbons (Fsp3) is 0.227. The zero-order chi connectivity index (χ0) is 21.2. The molecule has 0 atom stereocenters. The highest BCUT2D eigenvalue weighted by molar-refractivity contribution is 6.09. The summed E-state index contributed by atoms with van der Waals surface area (Å²) in [7, 11) is 1.28. The minimum atomic E-state index is -0.528. The lowest BCUT2D eigenvalue weighted by molar-refractivity contribution is -0.142. The molecule has 0 heterocycles. The molecule has 0 spiro atoms. The number of hydrogen-bond acceptors (Lipinski definition) is 6. The first kappa shape index (κ1) is 21.5. The van der Waals surface area contributed by atoms with Crippen LogP contribution in [0.15, 0.2) is 54.1 Å². The second-order valence-electron chi connectivity index (χ2n) is 6.25. The number of methoxy groups -OCH3 is 1. The number of hydrogen-bond donors (Lipinski definition) is 1. The van der Waals surface area contributed by atoms with Gasteiger partial charge in [-0.3, -0.25) is 4.79 Å². The van der Waals surface area contributed by atoms with E-state index in [0.717, 1.165) is 0 Å². The second kappa shape index (κ2) is 10.5. The van der Waals surface area contributed by atoms with E-state index < -0.39 is 11.9 Å². The average molecular weight is 394 g/mol. The summed E-state index contributed by atoms with van der Waals surface area (Å²) in [6.07, 6.45) is 1.48. The topological polar surface area (TPSA) is 97.7 Å². The van der Waals surface area contributed by atoms with Crippen molar-refractivity contribution in [2.45, 2.75) is 20.0 Å². The van der Waals surface area contributed by atoms with Gasteiger partial charge in [0.2, 0.25) is 0 Å². The van der Waals surface area contributed by atoms with Crippen molar-refractivity contribution in [1.29, 1.82) is 5.26 Å². The molecule has 0 aliphatic rings. The van der Waals surface area contributed by atoms with Crippen LogP contribution in [0.25, 0.3) is 6.08 Å². The molecule has 0 aliphatic heterocycles. The van der Waals surface area contributed by atoms with Crippen molar-refractivity contribution in [2.24, 2.45) is 0 Å². The third-order valence-electron chi connectivity index (χ3n) is 3.60. The number of benzene rings is 2. The molecule has 0 aliphatic carbocycles. The largest absolute Gasteiger partial charge is 0.491 e. The van der Waals surface area contributed by atoms with Crippen molar-refractivity contribution in [1.82, 2.24) is 0 Å². The fourth-order valence-electron chi connectivity index (χ4n) is 2.29. The van der Waals surface area contributed by atoms with Crippen LogP contribution in [0, 0.1) is 11.3 Å². The standard InChI is InChI=1S/C22H22N2O5/c1-15(2)29-20-6-4-5-18(12-20)24-22(26)17(13-23)11-16-7-9-19(10-8-16)28-14-21(25)27-3/h4-12,15H,14H2,1-3H3,(H,24,26)/b17-11-. The van der Waals surface area contributed by atoms with Gasteiger partial charge in [-0.1, -0.05) is 18.2 Å². The molecule has 150 valence electrons. The van der Waals surface area contributed by atoms with Crippen LogP contribution in [0.5, 0.6) is 11.5 Å². The molecule has 2 rings (SSSR count). The van der Waals surface area contributed by atoms with Gasteiger partial charge in [0.05, 0.1) is 13.2 Å². The summed E-state index contributed by atoms with van der Waals surface area (Å²) in [5.74, 6) is 0.0841. The summed E-state index contributed by atoms with van der Waals surface area (Å²) in [6.45, 7) is 3.62. The van der Waals surface area contributed by atoms with Crippen molar-refractivity contribution in [3.63, 3.8) is 0 Å². The Balaban J connectivity index is 2.06. The first-order valence-corrected chi connectivity index (χ1v) is 8.91. The SMILES string of the molecule is COC(=O)COc1ccc(/C=C(/C#N)C(=O)Nc2cccc(OC(C)C)c2)cc1. The minimum Gasteiger partial charge on any atom is -0.491 e. The molecule has 29 heavy (non-hydrogen) atoms. The predicted molar refractivity (Wildman–Crippen MR) is 108 cm³/mol. The lowest BCUT2D eigenvalue weighted by atomic mass is 10.1. The van der Waals surface area contributed by atoms with Gasteiger partial charge in [0.25, 0.3) is 5.91 Å². The van der Waals surface area contributed by atoms with Crippen LogP contribution < -0.4 is 14.8 Å². The van der Waals surface area contributed by atoms with E-state index in [1.807, 2.05) is 19.9 Å². The van der Waals surface area contributed by atoms with Crippen molar-refractivity contribution in [3.05, 3.63) is 59.7 Å². The molecule has 7 nitrogen and oxygen atoms in total. The van der Waals surface area contributed by atoms with Crippen molar-refractivity contribution in [2.75, 3.05) is 19.0 Å². The quantitative estimate of drug-likeness (QED) is 0.418. The van der Waals surface area contributed by atoms with E-state index >= 15 is 0 Å². The maximum atomic E-state index is 12.4. The molecule has 7 heteroatoms. The Hall–Kier alpha value is -3.79. The number of nitriles is 1. The molecule has 2 aromatic rings. The van der Waals surface area contributed by atoms with Crippen LogP contribution in [0.3, 0.4) is 0 Å². The Morgan fingerprint density at radius 1 is 1.14 bits per heavy atom. The summed E-state index contributed by atoms with van der Waals surface area (Å²) in [5.41, 5.74) is 1.11. The minimum absolute atomic E-state index is 0.00934. The summed E-state index contributed by atoms with van der Waals surface area (Å²) >= 11 is 0. The third-order valence-corrected chi connectivity index (χ3v) is 3.60. The van der Waals surface area contributed by atoms with Crippen molar-refractivity contribution >= 4 is 23.6 Å². The van der Waals surface area contributed by atoms with E-state index in [9.17, 15) is 14.9 Å². The van der Waals surface area contributed by atoms with Gasteiger partial charge in [-0.05, 0) is 49.8 Å². The summed E-state index contributed by atoms with van der Waals surface area (Å²) < 4.78 is 15.4. The van der Waals surface area contributed by atoms with Gasteiger partial charge >= 0.3 is 5.97 Å². The number of esters is 1. The van der Waals surface area contributed by atoms with E-state index in [4.69, 9.17) is 9.47 Å². The number of amides is 1. The van der Waals surface area contributed by atoms with E-state index in [1.165, 1.54) is 13.2 Å². The highest BCUT2D eigenvalue weighted by Crippen LogP contribution is 2.20. The monoisotopic (exact) mass is 394 g/mol. The number of nitrogens with one attached hydrogen (secondary N) is 1. The summed E-state index contributed by atoms with van der Waals surface area (Å²) in [4.78, 5) is 23.5. The number of carbonyl (C=O) groups is 2. The fourth-order valence-corrected chi connectivity index (χ4v) is 2.29. The van der Waals surface area contributed by atoms with Gasteiger partial charge in [0, 0.05) is 11.8 Å². The molecule has 1 amide bonds. The van der Waals surface area contributed by atoms with E-state index in [1.54, 1.807) is 48.5 Å². The van der Waals surface area contributed by atoms with Crippen LogP contribution in [0.4, 0.5) is 5.69 Å². The molecule has 0 radical (unpaired) electrons. The predicted octanol–water partition coefficient (Wildman–Crippen LogP) is 3.57. The van der Waals surface area contributed by atoms with Crippen LogP contribution in [0.1, 0.15) is 19.4 Å². The molecule has 0 unspecified atom stereocenters. The molecule has 0 fully saturated rings. The molecular weight excluding hydrogens is 372 g/mol. The summed E-state index contributed by atoms with van der Waals surface area (Å²) in [5, 5.41) is 12.0. The van der Waals surface area contributed by atoms with Crippen molar-refractivity contribution in [3.8, 4) is 17.6 Å². The van der Waals surface area contributed by atoms with Gasteiger partial charge in [0.1, 0.15) is 23.1 Å². The van der Waals surface area contributed by atoms with Crippen LogP contribution in [-0.2, 0) is 14.3 Å². The molecule has 2 aromatic carbocycles. The molecule has 1 N–H and O–H groups in total. The van der Waals surface area contributed by atoms with E-state index in [-0.39, 0.29) is 18.3 Å². The van der Waals surface area contributed by atoms with Crippen LogP contribution in [-0.4, -0.2) is 31.7 Å². The molecule has 0 saturated heterocycles. The molecule has 0 aromatic heterocycles. The Labute approximate surface area is 169 Å². The number of rotatable bonds is 8. The van der Waals surface area contributed by atoms with Gasteiger partial charge < -0.3 is 19.5 Å². The van der Waals surface area contributed by atoms with Crippen LogP contribution >= 0.6 is 0 Å². The zero-order valence-corrected chi connectivity index (χ0v) is 16.5. The number of anilines is 1. The molecule has 0 bridgehead atoms. The van der Waals surface area contributed by atoms with Gasteiger partial charge in [-0.25, -0.2) is 4.79 Å². The highest BCUT2D eigenvalue weighted by Gasteiger charge is 2.10. The van der Waals surface area contributed by atoms with Crippen LogP contribution in [0.2, 0.25) is 0 Å². The maximum Gasteiger partial charge on any atom is 0.343 e. The number of carbonyl (C=O) groups excluding carboxylic acids is 2. The Kier molecular flexibility index (Phi) is 7.80. The molecule has 0 saturated carbocycles. The van der Waals surface area contributed by atoms with E-state index in [0.29, 0.717) is 22.7 Å². The lowest BCUT2D eigenvalue weighted by Crippen LogP contribution is -2.14. The average Bonchev–Trinajstić information content (AvgIpc) is 2.70. The number of ether oxygens (including phenoxy) is 3. The van der Waals surface area contributed by atoms with Crippen molar-refractivity contribution < 1.29 is 23.8 Å². The Morgan fingerprint density at radius 3 is 2.48 bits per heavy atom. The number of nitrogens with zero attached hydrogens (tertiary/aromatic N) is 1. The van der Waals surface area contributed by atoms with Gasteiger partial charge in [-0.2, -0.15) is 5.26 Å². The maximum absolute atomic E-state index is 12.4. The first-order chi connectivity index (χ1) is 13.9. The normalized spacial score (nSPS) is 10.8. The lowest BCUT2D eigenvalue weighted by Gasteiger charge is -2.11. The van der Waals surface area contributed by atoms with E-state index in [2.05, 4.69) is 10.1 Å². The van der Waals surface area contributed by atoms with Gasteiger partial charge in [-0.15, -0.1) is 0 Å². The zero-order valence-electron chi connectivity index (χ0n) is 16.5. The smallest absolute Gasteiger partial charge is 0.343 e. The highest BCUT2D eigenvalue weighted by atomic mass is 16.6. The third kappa shape index (κ3) is 7.03.